The summed E-state index contributed by atoms with van der Waals surface area (Å²) in [5, 5.41) is 3.47. The van der Waals surface area contributed by atoms with Gasteiger partial charge in [-0.1, -0.05) is 56.4 Å². The maximum atomic E-state index is 14.7. The fourth-order valence-corrected chi connectivity index (χ4v) is 6.17. The molecule has 1 N–H and O–H groups in total. The molecule has 0 bridgehead atoms. The highest BCUT2D eigenvalue weighted by Crippen LogP contribution is 2.46. The Hall–Kier alpha value is -2.57. The lowest BCUT2D eigenvalue weighted by Crippen LogP contribution is -2.64. The lowest BCUT2D eigenvalue weighted by Gasteiger charge is -2.47. The topological polar surface area (TPSA) is 58.6 Å². The molecule has 1 saturated carbocycles. The van der Waals surface area contributed by atoms with Gasteiger partial charge in [-0.25, -0.2) is 4.39 Å². The number of methoxy groups -OCH3 is 1. The summed E-state index contributed by atoms with van der Waals surface area (Å²) < 4.78 is 20.1. The summed E-state index contributed by atoms with van der Waals surface area (Å²) in [4.78, 5) is 30.3. The van der Waals surface area contributed by atoms with E-state index in [1.807, 2.05) is 0 Å². The minimum atomic E-state index is -1.57. The smallest absolute Gasteiger partial charge is 0.196 e. The lowest BCUT2D eigenvalue weighted by molar-refractivity contribution is 0.0187. The van der Waals surface area contributed by atoms with Gasteiger partial charge in [-0.2, -0.15) is 0 Å². The third kappa shape index (κ3) is 3.69. The Bertz CT molecular complexity index is 1030. The molecule has 1 heterocycles. The number of fused-ring (bicyclic) bond motifs is 1. The largest absolute Gasteiger partial charge is 0.497 e. The zero-order valence-corrected chi connectivity index (χ0v) is 19.1. The molecule has 5 rings (SSSR count). The summed E-state index contributed by atoms with van der Waals surface area (Å²) in [6.07, 6.45) is 7.06. The van der Waals surface area contributed by atoms with E-state index < -0.39 is 11.4 Å². The van der Waals surface area contributed by atoms with Crippen LogP contribution in [0.1, 0.15) is 64.8 Å². The molecule has 2 aliphatic carbocycles. The summed E-state index contributed by atoms with van der Waals surface area (Å²) in [6, 6.07) is 11.3. The number of nitrogens with zero attached hydrogens (tertiary/aromatic N) is 1. The van der Waals surface area contributed by atoms with Crippen molar-refractivity contribution in [1.82, 2.24) is 10.2 Å². The van der Waals surface area contributed by atoms with Gasteiger partial charge in [0.15, 0.2) is 17.1 Å². The van der Waals surface area contributed by atoms with Gasteiger partial charge in [0.2, 0.25) is 0 Å². The number of ketones is 2. The van der Waals surface area contributed by atoms with E-state index in [4.69, 9.17) is 4.74 Å². The van der Waals surface area contributed by atoms with Gasteiger partial charge in [0.1, 0.15) is 11.6 Å². The average molecular weight is 451 g/mol. The molecule has 2 aromatic carbocycles. The first-order chi connectivity index (χ1) is 16.1. The number of benzene rings is 2. The Labute approximate surface area is 194 Å². The number of nitrogens with one attached hydrogen (secondary N) is 1. The number of Topliss-reactive ketones (excluding diaryl/α,β-unsaturated/α-hetero) is 2. The molecule has 174 valence electrons. The Morgan fingerprint density at radius 1 is 1.06 bits per heavy atom. The van der Waals surface area contributed by atoms with Crippen molar-refractivity contribution in [1.29, 1.82) is 0 Å². The van der Waals surface area contributed by atoms with Crippen molar-refractivity contribution in [3.63, 3.8) is 0 Å². The molecule has 5 nitrogen and oxygen atoms in total. The number of ether oxygens (including phenoxy) is 1. The molecule has 0 radical (unpaired) electrons. The normalized spacial score (nSPS) is 23.5. The molecule has 1 saturated heterocycles. The molecule has 1 aliphatic heterocycles. The van der Waals surface area contributed by atoms with E-state index >= 15 is 0 Å². The molecule has 0 aromatic heterocycles. The van der Waals surface area contributed by atoms with Crippen LogP contribution in [0.4, 0.5) is 4.39 Å². The standard InChI is InChI=1S/C27H31FN2O3/c1-33-22-15-19(14-20(28)16-22)27(25(31)23-9-5-6-10-24(23)26(27)32)30-12-11-29-17-21(30)13-18-7-3-2-4-8-18/h5-6,9-10,14-16,18,21,29H,2-4,7-8,11-13,17H2,1H3. The van der Waals surface area contributed by atoms with Gasteiger partial charge in [-0.15, -0.1) is 0 Å². The first kappa shape index (κ1) is 22.2. The molecule has 33 heavy (non-hydrogen) atoms. The van der Waals surface area contributed by atoms with Crippen LogP contribution in [-0.2, 0) is 5.54 Å². The van der Waals surface area contributed by atoms with Crippen LogP contribution in [-0.4, -0.2) is 49.3 Å². The summed E-state index contributed by atoms with van der Waals surface area (Å²) >= 11 is 0. The van der Waals surface area contributed by atoms with Gasteiger partial charge in [-0.3, -0.25) is 14.5 Å². The first-order valence-corrected chi connectivity index (χ1v) is 12.1. The van der Waals surface area contributed by atoms with Crippen molar-refractivity contribution >= 4 is 11.6 Å². The number of hydrogen-bond donors (Lipinski definition) is 1. The van der Waals surface area contributed by atoms with Crippen LogP contribution in [0.5, 0.6) is 5.75 Å². The number of carbonyl (C=O) groups is 2. The summed E-state index contributed by atoms with van der Waals surface area (Å²) in [7, 11) is 1.47. The number of rotatable bonds is 5. The molecular weight excluding hydrogens is 419 g/mol. The predicted molar refractivity (Wildman–Crippen MR) is 124 cm³/mol. The Kier molecular flexibility index (Phi) is 6.06. The van der Waals surface area contributed by atoms with Crippen molar-refractivity contribution in [2.45, 2.75) is 50.1 Å². The number of halogens is 1. The van der Waals surface area contributed by atoms with Crippen molar-refractivity contribution in [3.8, 4) is 5.75 Å². The molecule has 1 unspecified atom stereocenters. The Balaban J connectivity index is 1.65. The van der Waals surface area contributed by atoms with Gasteiger partial charge in [-0.05, 0) is 30.0 Å². The highest BCUT2D eigenvalue weighted by atomic mass is 19.1. The van der Waals surface area contributed by atoms with Gasteiger partial charge in [0.05, 0.1) is 7.11 Å². The van der Waals surface area contributed by atoms with Crippen LogP contribution < -0.4 is 10.1 Å². The second kappa shape index (κ2) is 8.99. The maximum absolute atomic E-state index is 14.7. The summed E-state index contributed by atoms with van der Waals surface area (Å²) in [6.45, 7) is 1.93. The van der Waals surface area contributed by atoms with E-state index in [0.29, 0.717) is 48.0 Å². The second-order valence-corrected chi connectivity index (χ2v) is 9.59. The molecule has 2 aromatic rings. The molecule has 1 atom stereocenters. The van der Waals surface area contributed by atoms with Crippen LogP contribution in [0, 0.1) is 11.7 Å². The van der Waals surface area contributed by atoms with E-state index in [2.05, 4.69) is 10.2 Å². The van der Waals surface area contributed by atoms with Gasteiger partial charge < -0.3 is 10.1 Å². The van der Waals surface area contributed by atoms with E-state index in [-0.39, 0.29) is 17.6 Å². The van der Waals surface area contributed by atoms with Crippen molar-refractivity contribution < 1.29 is 18.7 Å². The van der Waals surface area contributed by atoms with Crippen LogP contribution in [0.3, 0.4) is 0 Å². The number of hydrogen-bond acceptors (Lipinski definition) is 5. The first-order valence-electron chi connectivity index (χ1n) is 12.1. The minimum absolute atomic E-state index is 0.0123. The molecule has 2 fully saturated rings. The van der Waals surface area contributed by atoms with Crippen molar-refractivity contribution in [2.24, 2.45) is 5.92 Å². The highest BCUT2D eigenvalue weighted by molar-refractivity contribution is 6.32. The minimum Gasteiger partial charge on any atom is -0.497 e. The molecule has 3 aliphatic rings. The van der Waals surface area contributed by atoms with E-state index in [1.165, 1.54) is 51.3 Å². The van der Waals surface area contributed by atoms with Crippen molar-refractivity contribution in [3.05, 3.63) is 65.0 Å². The van der Waals surface area contributed by atoms with E-state index in [1.54, 1.807) is 30.3 Å². The number of carbonyl (C=O) groups excluding carboxylic acids is 2. The van der Waals surface area contributed by atoms with E-state index in [9.17, 15) is 14.0 Å². The maximum Gasteiger partial charge on any atom is 0.196 e. The van der Waals surface area contributed by atoms with Crippen LogP contribution in [0.2, 0.25) is 0 Å². The second-order valence-electron chi connectivity index (χ2n) is 9.59. The fourth-order valence-electron chi connectivity index (χ4n) is 6.17. The quantitative estimate of drug-likeness (QED) is 0.687. The summed E-state index contributed by atoms with van der Waals surface area (Å²) in [5.74, 6) is -0.143. The molecular formula is C27H31FN2O3. The zero-order chi connectivity index (χ0) is 23.0. The summed E-state index contributed by atoms with van der Waals surface area (Å²) in [5.41, 5.74) is -0.372. The average Bonchev–Trinajstić information content (AvgIpc) is 3.07. The highest BCUT2D eigenvalue weighted by Gasteiger charge is 2.59. The lowest BCUT2D eigenvalue weighted by atomic mass is 9.78. The van der Waals surface area contributed by atoms with Gasteiger partial charge in [0, 0.05) is 42.9 Å². The van der Waals surface area contributed by atoms with Crippen LogP contribution in [0.25, 0.3) is 0 Å². The molecule has 6 heteroatoms. The third-order valence-electron chi connectivity index (χ3n) is 7.71. The monoisotopic (exact) mass is 450 g/mol. The third-order valence-corrected chi connectivity index (χ3v) is 7.71. The predicted octanol–water partition coefficient (Wildman–Crippen LogP) is 4.35. The van der Waals surface area contributed by atoms with Gasteiger partial charge in [0.25, 0.3) is 0 Å². The van der Waals surface area contributed by atoms with Crippen LogP contribution >= 0.6 is 0 Å². The van der Waals surface area contributed by atoms with Crippen LogP contribution in [0.15, 0.2) is 42.5 Å². The van der Waals surface area contributed by atoms with E-state index in [0.717, 1.165) is 6.42 Å². The molecule has 0 spiro atoms. The Morgan fingerprint density at radius 2 is 1.76 bits per heavy atom. The number of piperazine rings is 1. The fraction of sp³-hybridized carbons (Fsp3) is 0.481. The Morgan fingerprint density at radius 3 is 2.42 bits per heavy atom. The SMILES string of the molecule is COc1cc(F)cc(C2(N3CCNCC3CC3CCCCC3)C(=O)c3ccccc3C2=O)c1. The van der Waals surface area contributed by atoms with Crippen molar-refractivity contribution in [2.75, 3.05) is 26.7 Å². The zero-order valence-electron chi connectivity index (χ0n) is 19.1. The van der Waals surface area contributed by atoms with Gasteiger partial charge >= 0.3 is 0 Å². The molecule has 0 amide bonds.